The van der Waals surface area contributed by atoms with E-state index in [1.54, 1.807) is 18.6 Å². The second kappa shape index (κ2) is 6.93. The van der Waals surface area contributed by atoms with E-state index in [0.29, 0.717) is 30.6 Å². The van der Waals surface area contributed by atoms with Gasteiger partial charge in [0.25, 0.3) is 0 Å². The standard InChI is InChI=1S/C17H26N6O/c1-2-19-17(22-8-7-21-16-9-18-5-6-20-16)23-10-12-13(11-23)15-4-3-14(12)24-15/h5-6,9,12-15H,2-4,7-8,10-11H2,1H3,(H,19,22)(H,20,21). The summed E-state index contributed by atoms with van der Waals surface area (Å²) in [6.45, 7) is 6.64. The number of hydrogen-bond donors (Lipinski definition) is 2. The Balaban J connectivity index is 1.32. The van der Waals surface area contributed by atoms with E-state index >= 15 is 0 Å². The highest BCUT2D eigenvalue weighted by Gasteiger charge is 2.53. The van der Waals surface area contributed by atoms with Crippen molar-refractivity contribution < 1.29 is 4.74 Å². The molecule has 1 aromatic rings. The van der Waals surface area contributed by atoms with Crippen LogP contribution in [0.15, 0.2) is 23.6 Å². The van der Waals surface area contributed by atoms with Gasteiger partial charge in [0.1, 0.15) is 5.82 Å². The van der Waals surface area contributed by atoms with Crippen LogP contribution in [-0.2, 0) is 4.74 Å². The number of guanidine groups is 1. The number of rotatable bonds is 5. The Kier molecular flexibility index (Phi) is 4.51. The molecule has 7 heteroatoms. The third-order valence-corrected chi connectivity index (χ3v) is 5.33. The number of aromatic nitrogens is 2. The molecule has 24 heavy (non-hydrogen) atoms. The minimum Gasteiger partial charge on any atom is -0.374 e. The Morgan fingerprint density at radius 2 is 2.08 bits per heavy atom. The van der Waals surface area contributed by atoms with Crippen LogP contribution in [0, 0.1) is 11.8 Å². The molecule has 2 N–H and O–H groups in total. The van der Waals surface area contributed by atoms with E-state index in [0.717, 1.165) is 38.0 Å². The van der Waals surface area contributed by atoms with Crippen LogP contribution < -0.4 is 10.6 Å². The Morgan fingerprint density at radius 3 is 2.75 bits per heavy atom. The van der Waals surface area contributed by atoms with Gasteiger partial charge in [-0.2, -0.15) is 0 Å². The van der Waals surface area contributed by atoms with Gasteiger partial charge < -0.3 is 20.3 Å². The minimum atomic E-state index is 0.492. The summed E-state index contributed by atoms with van der Waals surface area (Å²) in [4.78, 5) is 15.5. The quantitative estimate of drug-likeness (QED) is 0.476. The monoisotopic (exact) mass is 330 g/mol. The summed E-state index contributed by atoms with van der Waals surface area (Å²) in [5.41, 5.74) is 0. The van der Waals surface area contributed by atoms with E-state index in [9.17, 15) is 0 Å². The van der Waals surface area contributed by atoms with Crippen molar-refractivity contribution in [2.24, 2.45) is 16.8 Å². The maximum Gasteiger partial charge on any atom is 0.193 e. The second-order valence-electron chi connectivity index (χ2n) is 6.78. The smallest absolute Gasteiger partial charge is 0.193 e. The van der Waals surface area contributed by atoms with Crippen molar-refractivity contribution in [3.63, 3.8) is 0 Å². The van der Waals surface area contributed by atoms with Crippen molar-refractivity contribution in [1.29, 1.82) is 0 Å². The predicted molar refractivity (Wildman–Crippen MR) is 92.9 cm³/mol. The van der Waals surface area contributed by atoms with E-state index in [1.807, 2.05) is 0 Å². The van der Waals surface area contributed by atoms with E-state index in [2.05, 4.69) is 32.4 Å². The lowest BCUT2D eigenvalue weighted by atomic mass is 9.82. The van der Waals surface area contributed by atoms with Gasteiger partial charge >= 0.3 is 0 Å². The fourth-order valence-corrected chi connectivity index (χ4v) is 4.29. The summed E-state index contributed by atoms with van der Waals surface area (Å²) in [6, 6.07) is 0. The molecule has 0 radical (unpaired) electrons. The van der Waals surface area contributed by atoms with Gasteiger partial charge in [0, 0.05) is 50.4 Å². The van der Waals surface area contributed by atoms with Gasteiger partial charge in [-0.05, 0) is 19.8 Å². The second-order valence-corrected chi connectivity index (χ2v) is 6.78. The van der Waals surface area contributed by atoms with Crippen molar-refractivity contribution in [2.75, 3.05) is 38.0 Å². The first kappa shape index (κ1) is 15.6. The lowest BCUT2D eigenvalue weighted by Gasteiger charge is -2.23. The largest absolute Gasteiger partial charge is 0.374 e. The molecule has 0 aliphatic carbocycles. The molecule has 4 rings (SSSR count). The van der Waals surface area contributed by atoms with Gasteiger partial charge in [-0.1, -0.05) is 0 Å². The van der Waals surface area contributed by atoms with Crippen LogP contribution in [0.2, 0.25) is 0 Å². The predicted octanol–water partition coefficient (Wildman–Crippen LogP) is 0.963. The highest BCUT2D eigenvalue weighted by atomic mass is 16.5. The van der Waals surface area contributed by atoms with E-state index < -0.39 is 0 Å². The molecule has 3 fully saturated rings. The first-order chi connectivity index (χ1) is 11.8. The van der Waals surface area contributed by atoms with Crippen molar-refractivity contribution in [1.82, 2.24) is 20.2 Å². The van der Waals surface area contributed by atoms with Crippen LogP contribution in [-0.4, -0.2) is 65.8 Å². The number of nitrogens with zero attached hydrogens (tertiary/aromatic N) is 4. The first-order valence-electron chi connectivity index (χ1n) is 9.03. The molecule has 3 saturated heterocycles. The van der Waals surface area contributed by atoms with Gasteiger partial charge in [0.15, 0.2) is 5.96 Å². The molecular formula is C17H26N6O. The molecule has 7 nitrogen and oxygen atoms in total. The lowest BCUT2D eigenvalue weighted by molar-refractivity contribution is 0.0767. The van der Waals surface area contributed by atoms with Crippen molar-refractivity contribution in [3.05, 3.63) is 18.6 Å². The number of likely N-dealkylation sites (tertiary alicyclic amines) is 1. The Hall–Kier alpha value is -1.89. The van der Waals surface area contributed by atoms with Crippen LogP contribution in [0.5, 0.6) is 0 Å². The van der Waals surface area contributed by atoms with E-state index in [-0.39, 0.29) is 0 Å². The average Bonchev–Trinajstić information content (AvgIpc) is 3.31. The molecule has 2 bridgehead atoms. The third-order valence-electron chi connectivity index (χ3n) is 5.33. The van der Waals surface area contributed by atoms with E-state index in [1.165, 1.54) is 12.8 Å². The zero-order chi connectivity index (χ0) is 16.4. The number of nitrogens with one attached hydrogen (secondary N) is 2. The Bertz CT molecular complexity index is 562. The number of hydrogen-bond acceptors (Lipinski definition) is 5. The number of fused-ring (bicyclic) bond motifs is 5. The van der Waals surface area contributed by atoms with Crippen molar-refractivity contribution in [2.45, 2.75) is 32.0 Å². The molecule has 0 saturated carbocycles. The maximum absolute atomic E-state index is 6.07. The minimum absolute atomic E-state index is 0.492. The molecular weight excluding hydrogens is 304 g/mol. The summed E-state index contributed by atoms with van der Waals surface area (Å²) in [5.74, 6) is 3.23. The molecule has 4 unspecified atom stereocenters. The van der Waals surface area contributed by atoms with Crippen LogP contribution in [0.25, 0.3) is 0 Å². The number of aliphatic imine (C=N–C) groups is 1. The van der Waals surface area contributed by atoms with Crippen LogP contribution in [0.3, 0.4) is 0 Å². The zero-order valence-corrected chi connectivity index (χ0v) is 14.2. The van der Waals surface area contributed by atoms with Gasteiger partial charge in [0.2, 0.25) is 0 Å². The average molecular weight is 330 g/mol. The van der Waals surface area contributed by atoms with Gasteiger partial charge in [-0.3, -0.25) is 9.98 Å². The molecule has 1 aromatic heterocycles. The molecule has 0 spiro atoms. The molecule has 3 aliphatic rings. The number of ether oxygens (including phenoxy) is 1. The van der Waals surface area contributed by atoms with Crippen molar-refractivity contribution in [3.8, 4) is 0 Å². The molecule has 4 atom stereocenters. The Labute approximate surface area is 142 Å². The molecule has 3 aliphatic heterocycles. The SMILES string of the molecule is CCNC(=NCCNc1cnccn1)N1CC2C3CCC(O3)C2C1. The Morgan fingerprint density at radius 1 is 1.29 bits per heavy atom. The van der Waals surface area contributed by atoms with Crippen LogP contribution in [0.4, 0.5) is 5.82 Å². The fraction of sp³-hybridized carbons (Fsp3) is 0.706. The zero-order valence-electron chi connectivity index (χ0n) is 14.2. The lowest BCUT2D eigenvalue weighted by Crippen LogP contribution is -2.41. The summed E-state index contributed by atoms with van der Waals surface area (Å²) >= 11 is 0. The van der Waals surface area contributed by atoms with Gasteiger partial charge in [-0.15, -0.1) is 0 Å². The molecule has 130 valence electrons. The highest BCUT2D eigenvalue weighted by Crippen LogP contribution is 2.47. The van der Waals surface area contributed by atoms with Gasteiger partial charge in [0.05, 0.1) is 24.9 Å². The first-order valence-corrected chi connectivity index (χ1v) is 9.03. The highest BCUT2D eigenvalue weighted by molar-refractivity contribution is 5.80. The summed E-state index contributed by atoms with van der Waals surface area (Å²) in [5, 5.41) is 6.69. The summed E-state index contributed by atoms with van der Waals surface area (Å²) < 4.78 is 6.07. The number of anilines is 1. The topological polar surface area (TPSA) is 74.7 Å². The van der Waals surface area contributed by atoms with Gasteiger partial charge in [-0.25, -0.2) is 4.98 Å². The molecule has 0 amide bonds. The summed E-state index contributed by atoms with van der Waals surface area (Å²) in [7, 11) is 0. The van der Waals surface area contributed by atoms with Crippen LogP contribution in [0.1, 0.15) is 19.8 Å². The fourth-order valence-electron chi connectivity index (χ4n) is 4.29. The maximum atomic E-state index is 6.07. The third kappa shape index (κ3) is 3.05. The van der Waals surface area contributed by atoms with E-state index in [4.69, 9.17) is 9.73 Å². The van der Waals surface area contributed by atoms with Crippen LogP contribution >= 0.6 is 0 Å². The van der Waals surface area contributed by atoms with Crippen molar-refractivity contribution >= 4 is 11.8 Å². The summed E-state index contributed by atoms with van der Waals surface area (Å²) in [6.07, 6.45) is 8.57. The molecule has 0 aromatic carbocycles. The molecule has 4 heterocycles. The normalized spacial score (nSPS) is 31.4.